The SMILES string of the molecule is CCCOc1ccc(NC(=O)C(CC)CN)cc1. The molecule has 1 aromatic rings. The van der Waals surface area contributed by atoms with Gasteiger partial charge in [0.2, 0.25) is 5.91 Å². The molecule has 18 heavy (non-hydrogen) atoms. The molecule has 1 unspecified atom stereocenters. The van der Waals surface area contributed by atoms with Gasteiger partial charge in [-0.15, -0.1) is 0 Å². The molecular weight excluding hydrogens is 228 g/mol. The summed E-state index contributed by atoms with van der Waals surface area (Å²) in [6, 6.07) is 7.39. The molecule has 0 bridgehead atoms. The van der Waals surface area contributed by atoms with E-state index >= 15 is 0 Å². The van der Waals surface area contributed by atoms with Gasteiger partial charge >= 0.3 is 0 Å². The molecule has 0 heterocycles. The molecular formula is C14H22N2O2. The summed E-state index contributed by atoms with van der Waals surface area (Å²) < 4.78 is 5.47. The first-order chi connectivity index (χ1) is 8.71. The molecule has 0 aromatic heterocycles. The second-order valence-electron chi connectivity index (χ2n) is 4.20. The summed E-state index contributed by atoms with van der Waals surface area (Å²) in [5, 5.41) is 2.85. The minimum absolute atomic E-state index is 0.0257. The third-order valence-electron chi connectivity index (χ3n) is 2.74. The number of nitrogens with two attached hydrogens (primary N) is 1. The standard InChI is InChI=1S/C14H22N2O2/c1-3-9-18-13-7-5-12(6-8-13)16-14(17)11(4-2)10-15/h5-8,11H,3-4,9-10,15H2,1-2H3,(H,16,17). The predicted molar refractivity (Wildman–Crippen MR) is 73.7 cm³/mol. The molecule has 0 aliphatic heterocycles. The highest BCUT2D eigenvalue weighted by molar-refractivity contribution is 5.92. The van der Waals surface area contributed by atoms with Gasteiger partial charge in [-0.05, 0) is 37.1 Å². The first kappa shape index (κ1) is 14.5. The second-order valence-corrected chi connectivity index (χ2v) is 4.20. The van der Waals surface area contributed by atoms with Crippen molar-refractivity contribution in [3.8, 4) is 5.75 Å². The smallest absolute Gasteiger partial charge is 0.228 e. The fraction of sp³-hybridized carbons (Fsp3) is 0.500. The molecule has 0 spiro atoms. The van der Waals surface area contributed by atoms with Gasteiger partial charge in [0, 0.05) is 12.2 Å². The van der Waals surface area contributed by atoms with Crippen molar-refractivity contribution in [3.05, 3.63) is 24.3 Å². The lowest BCUT2D eigenvalue weighted by molar-refractivity contribution is -0.119. The Morgan fingerprint density at radius 1 is 1.33 bits per heavy atom. The zero-order valence-corrected chi connectivity index (χ0v) is 11.1. The highest BCUT2D eigenvalue weighted by Crippen LogP contribution is 2.16. The molecule has 0 aliphatic rings. The summed E-state index contributed by atoms with van der Waals surface area (Å²) in [5.41, 5.74) is 6.31. The third-order valence-corrected chi connectivity index (χ3v) is 2.74. The molecule has 100 valence electrons. The van der Waals surface area contributed by atoms with Crippen LogP contribution in [0.5, 0.6) is 5.75 Å². The van der Waals surface area contributed by atoms with Crippen molar-refractivity contribution in [1.29, 1.82) is 0 Å². The van der Waals surface area contributed by atoms with Crippen LogP contribution in [-0.4, -0.2) is 19.1 Å². The molecule has 1 aromatic carbocycles. The summed E-state index contributed by atoms with van der Waals surface area (Å²) >= 11 is 0. The number of amides is 1. The van der Waals surface area contributed by atoms with E-state index in [1.54, 1.807) is 0 Å². The zero-order valence-electron chi connectivity index (χ0n) is 11.1. The van der Waals surface area contributed by atoms with Crippen LogP contribution in [0.3, 0.4) is 0 Å². The monoisotopic (exact) mass is 250 g/mol. The second kappa shape index (κ2) is 7.71. The van der Waals surface area contributed by atoms with Crippen LogP contribution in [0.2, 0.25) is 0 Å². The highest BCUT2D eigenvalue weighted by atomic mass is 16.5. The van der Waals surface area contributed by atoms with Crippen molar-refractivity contribution in [2.24, 2.45) is 11.7 Å². The molecule has 3 N–H and O–H groups in total. The van der Waals surface area contributed by atoms with E-state index in [4.69, 9.17) is 10.5 Å². The van der Waals surface area contributed by atoms with Crippen LogP contribution in [0.15, 0.2) is 24.3 Å². The Morgan fingerprint density at radius 3 is 2.50 bits per heavy atom. The lowest BCUT2D eigenvalue weighted by atomic mass is 10.1. The van der Waals surface area contributed by atoms with Crippen LogP contribution < -0.4 is 15.8 Å². The molecule has 0 radical (unpaired) electrons. The van der Waals surface area contributed by atoms with Crippen molar-refractivity contribution in [2.45, 2.75) is 26.7 Å². The highest BCUT2D eigenvalue weighted by Gasteiger charge is 2.14. The fourth-order valence-electron chi connectivity index (χ4n) is 1.56. The molecule has 0 saturated carbocycles. The molecule has 0 aliphatic carbocycles. The van der Waals surface area contributed by atoms with Gasteiger partial charge in [-0.3, -0.25) is 4.79 Å². The van der Waals surface area contributed by atoms with E-state index in [-0.39, 0.29) is 11.8 Å². The van der Waals surface area contributed by atoms with Gasteiger partial charge in [0.05, 0.1) is 12.5 Å². The number of nitrogens with one attached hydrogen (secondary N) is 1. The van der Waals surface area contributed by atoms with E-state index in [9.17, 15) is 4.79 Å². The minimum Gasteiger partial charge on any atom is -0.494 e. The Kier molecular flexibility index (Phi) is 6.22. The third kappa shape index (κ3) is 4.37. The Bertz CT molecular complexity index is 359. The molecule has 4 nitrogen and oxygen atoms in total. The van der Waals surface area contributed by atoms with Crippen LogP contribution >= 0.6 is 0 Å². The molecule has 0 saturated heterocycles. The van der Waals surface area contributed by atoms with Gasteiger partial charge in [0.25, 0.3) is 0 Å². The number of carbonyl (C=O) groups is 1. The maximum Gasteiger partial charge on any atom is 0.228 e. The number of hydrogen-bond acceptors (Lipinski definition) is 3. The van der Waals surface area contributed by atoms with E-state index in [1.165, 1.54) is 0 Å². The maximum absolute atomic E-state index is 11.8. The number of hydrogen-bond donors (Lipinski definition) is 2. The lowest BCUT2D eigenvalue weighted by Gasteiger charge is -2.13. The molecule has 1 rings (SSSR count). The first-order valence-corrected chi connectivity index (χ1v) is 6.45. The van der Waals surface area contributed by atoms with Crippen LogP contribution in [0.1, 0.15) is 26.7 Å². The maximum atomic E-state index is 11.8. The van der Waals surface area contributed by atoms with Crippen molar-refractivity contribution >= 4 is 11.6 Å². The topological polar surface area (TPSA) is 64.3 Å². The Morgan fingerprint density at radius 2 is 2.00 bits per heavy atom. The van der Waals surface area contributed by atoms with Crippen molar-refractivity contribution in [3.63, 3.8) is 0 Å². The number of ether oxygens (including phenoxy) is 1. The number of anilines is 1. The van der Waals surface area contributed by atoms with Gasteiger partial charge in [-0.25, -0.2) is 0 Å². The zero-order chi connectivity index (χ0) is 13.4. The largest absolute Gasteiger partial charge is 0.494 e. The normalized spacial score (nSPS) is 11.9. The summed E-state index contributed by atoms with van der Waals surface area (Å²) in [5.74, 6) is 0.670. The Hall–Kier alpha value is -1.55. The van der Waals surface area contributed by atoms with Crippen molar-refractivity contribution in [2.75, 3.05) is 18.5 Å². The van der Waals surface area contributed by atoms with E-state index in [0.29, 0.717) is 13.2 Å². The van der Waals surface area contributed by atoms with E-state index in [0.717, 1.165) is 24.3 Å². The molecule has 1 atom stereocenters. The summed E-state index contributed by atoms with van der Waals surface area (Å²) in [6.07, 6.45) is 1.73. The Labute approximate surface area is 109 Å². The quantitative estimate of drug-likeness (QED) is 0.781. The van der Waals surface area contributed by atoms with Gasteiger partial charge in [0.1, 0.15) is 5.75 Å². The van der Waals surface area contributed by atoms with Crippen LogP contribution in [0.25, 0.3) is 0 Å². The summed E-state index contributed by atoms with van der Waals surface area (Å²) in [4.78, 5) is 11.8. The molecule has 1 amide bonds. The predicted octanol–water partition coefficient (Wildman–Crippen LogP) is 2.40. The van der Waals surface area contributed by atoms with E-state index < -0.39 is 0 Å². The number of benzene rings is 1. The lowest BCUT2D eigenvalue weighted by Crippen LogP contribution is -2.28. The summed E-state index contributed by atoms with van der Waals surface area (Å²) in [7, 11) is 0. The average molecular weight is 250 g/mol. The number of carbonyl (C=O) groups excluding carboxylic acids is 1. The fourth-order valence-corrected chi connectivity index (χ4v) is 1.56. The minimum atomic E-state index is -0.124. The van der Waals surface area contributed by atoms with Gasteiger partial charge in [-0.1, -0.05) is 13.8 Å². The first-order valence-electron chi connectivity index (χ1n) is 6.45. The van der Waals surface area contributed by atoms with Gasteiger partial charge < -0.3 is 15.8 Å². The van der Waals surface area contributed by atoms with Gasteiger partial charge in [0.15, 0.2) is 0 Å². The van der Waals surface area contributed by atoms with E-state index in [1.807, 2.05) is 31.2 Å². The average Bonchev–Trinajstić information content (AvgIpc) is 2.39. The van der Waals surface area contributed by atoms with Crippen LogP contribution in [0, 0.1) is 5.92 Å². The van der Waals surface area contributed by atoms with Crippen molar-refractivity contribution in [1.82, 2.24) is 0 Å². The van der Waals surface area contributed by atoms with Crippen molar-refractivity contribution < 1.29 is 9.53 Å². The Balaban J connectivity index is 2.55. The molecule has 0 fully saturated rings. The molecule has 4 heteroatoms. The van der Waals surface area contributed by atoms with Crippen LogP contribution in [-0.2, 0) is 4.79 Å². The number of rotatable bonds is 7. The van der Waals surface area contributed by atoms with Crippen LogP contribution in [0.4, 0.5) is 5.69 Å². The van der Waals surface area contributed by atoms with Gasteiger partial charge in [-0.2, -0.15) is 0 Å². The summed E-state index contributed by atoms with van der Waals surface area (Å²) in [6.45, 7) is 5.10. The van der Waals surface area contributed by atoms with E-state index in [2.05, 4.69) is 12.2 Å².